The van der Waals surface area contributed by atoms with Gasteiger partial charge in [-0.3, -0.25) is 4.79 Å². The summed E-state index contributed by atoms with van der Waals surface area (Å²) in [6, 6.07) is 3.42. The molecule has 0 saturated carbocycles. The van der Waals surface area contributed by atoms with Gasteiger partial charge in [-0.15, -0.1) is 11.3 Å². The van der Waals surface area contributed by atoms with E-state index in [1.54, 1.807) is 23.5 Å². The van der Waals surface area contributed by atoms with Crippen LogP contribution in [0, 0.1) is 6.92 Å². The standard InChI is InChI=1S/C14H19N5OS/c1-8(2)12-4-10(5-13(18-12)19-15)14(20)16-6-11-7-21-9(3)17-11/h4-5,7-8H,6,15H2,1-3H3,(H,16,20)(H,18,19). The normalized spacial score (nSPS) is 10.7. The topological polar surface area (TPSA) is 92.9 Å². The number of carbonyl (C=O) groups excluding carboxylic acids is 1. The number of hydrogen-bond acceptors (Lipinski definition) is 6. The predicted octanol–water partition coefficient (Wildman–Crippen LogP) is 2.19. The van der Waals surface area contributed by atoms with Crippen LogP contribution < -0.4 is 16.6 Å². The van der Waals surface area contributed by atoms with Crippen molar-refractivity contribution in [3.8, 4) is 0 Å². The number of amides is 1. The van der Waals surface area contributed by atoms with Gasteiger partial charge in [-0.25, -0.2) is 15.8 Å². The Labute approximate surface area is 127 Å². The smallest absolute Gasteiger partial charge is 0.251 e. The van der Waals surface area contributed by atoms with Gasteiger partial charge < -0.3 is 10.7 Å². The van der Waals surface area contributed by atoms with Gasteiger partial charge in [-0.1, -0.05) is 13.8 Å². The second-order valence-electron chi connectivity index (χ2n) is 5.01. The monoisotopic (exact) mass is 305 g/mol. The van der Waals surface area contributed by atoms with Crippen LogP contribution in [0.1, 0.15) is 46.5 Å². The molecule has 112 valence electrons. The van der Waals surface area contributed by atoms with E-state index >= 15 is 0 Å². The molecule has 2 aromatic rings. The molecule has 7 heteroatoms. The van der Waals surface area contributed by atoms with E-state index in [-0.39, 0.29) is 11.8 Å². The maximum absolute atomic E-state index is 12.2. The van der Waals surface area contributed by atoms with Gasteiger partial charge in [0.1, 0.15) is 5.82 Å². The van der Waals surface area contributed by atoms with Gasteiger partial charge in [0.2, 0.25) is 0 Å². The van der Waals surface area contributed by atoms with E-state index < -0.39 is 0 Å². The number of hydrogen-bond donors (Lipinski definition) is 3. The molecule has 0 atom stereocenters. The van der Waals surface area contributed by atoms with Crippen LogP contribution >= 0.6 is 11.3 Å². The Morgan fingerprint density at radius 3 is 2.71 bits per heavy atom. The number of rotatable bonds is 5. The summed E-state index contributed by atoms with van der Waals surface area (Å²) in [5.41, 5.74) is 4.71. The summed E-state index contributed by atoms with van der Waals surface area (Å²) in [5, 5.41) is 5.78. The second kappa shape index (κ2) is 6.64. The number of nitrogens with one attached hydrogen (secondary N) is 2. The van der Waals surface area contributed by atoms with Gasteiger partial charge in [0, 0.05) is 16.6 Å². The van der Waals surface area contributed by atoms with Crippen LogP contribution in [-0.4, -0.2) is 15.9 Å². The first-order chi connectivity index (χ1) is 9.99. The molecule has 1 amide bonds. The minimum Gasteiger partial charge on any atom is -0.346 e. The van der Waals surface area contributed by atoms with Gasteiger partial charge in [0.25, 0.3) is 5.91 Å². The van der Waals surface area contributed by atoms with E-state index in [1.165, 1.54) is 0 Å². The lowest BCUT2D eigenvalue weighted by molar-refractivity contribution is 0.0950. The van der Waals surface area contributed by atoms with E-state index in [1.807, 2.05) is 26.2 Å². The van der Waals surface area contributed by atoms with Gasteiger partial charge >= 0.3 is 0 Å². The zero-order valence-electron chi connectivity index (χ0n) is 12.3. The largest absolute Gasteiger partial charge is 0.346 e. The van der Waals surface area contributed by atoms with Crippen molar-refractivity contribution in [2.24, 2.45) is 5.84 Å². The van der Waals surface area contributed by atoms with Crippen LogP contribution in [0.25, 0.3) is 0 Å². The highest BCUT2D eigenvalue weighted by molar-refractivity contribution is 7.09. The highest BCUT2D eigenvalue weighted by Gasteiger charge is 2.12. The number of aromatic nitrogens is 2. The molecule has 21 heavy (non-hydrogen) atoms. The van der Waals surface area contributed by atoms with Crippen molar-refractivity contribution >= 4 is 23.1 Å². The average molecular weight is 305 g/mol. The summed E-state index contributed by atoms with van der Waals surface area (Å²) >= 11 is 1.57. The van der Waals surface area contributed by atoms with Crippen molar-refractivity contribution in [3.05, 3.63) is 39.5 Å². The van der Waals surface area contributed by atoms with Crippen molar-refractivity contribution in [1.82, 2.24) is 15.3 Å². The summed E-state index contributed by atoms with van der Waals surface area (Å²) in [6.45, 7) is 6.38. The molecule has 2 rings (SSSR count). The maximum atomic E-state index is 12.2. The fraction of sp³-hybridized carbons (Fsp3) is 0.357. The first-order valence-corrected chi connectivity index (χ1v) is 7.55. The Morgan fingerprint density at radius 2 is 2.14 bits per heavy atom. The number of nitrogen functional groups attached to an aromatic ring is 1. The van der Waals surface area contributed by atoms with Crippen LogP contribution in [-0.2, 0) is 6.54 Å². The number of thiazole rings is 1. The molecule has 0 aliphatic carbocycles. The molecule has 0 saturated heterocycles. The van der Waals surface area contributed by atoms with Crippen LogP contribution in [0.15, 0.2) is 17.5 Å². The van der Waals surface area contributed by atoms with Crippen molar-refractivity contribution < 1.29 is 4.79 Å². The highest BCUT2D eigenvalue weighted by atomic mass is 32.1. The Morgan fingerprint density at radius 1 is 1.38 bits per heavy atom. The maximum Gasteiger partial charge on any atom is 0.251 e. The Hall–Kier alpha value is -1.99. The fourth-order valence-electron chi connectivity index (χ4n) is 1.82. The van der Waals surface area contributed by atoms with Crippen molar-refractivity contribution in [1.29, 1.82) is 0 Å². The molecule has 0 radical (unpaired) electrons. The first-order valence-electron chi connectivity index (χ1n) is 6.67. The summed E-state index contributed by atoms with van der Waals surface area (Å²) in [6.07, 6.45) is 0. The summed E-state index contributed by atoms with van der Waals surface area (Å²) < 4.78 is 0. The molecule has 0 bridgehead atoms. The van der Waals surface area contributed by atoms with Crippen LogP contribution in [0.4, 0.5) is 5.82 Å². The zero-order chi connectivity index (χ0) is 15.4. The second-order valence-corrected chi connectivity index (χ2v) is 6.07. The molecular weight excluding hydrogens is 286 g/mol. The van der Waals surface area contributed by atoms with Crippen molar-refractivity contribution in [2.75, 3.05) is 5.43 Å². The molecule has 2 aromatic heterocycles. The number of nitrogens with two attached hydrogens (primary N) is 1. The molecule has 0 fully saturated rings. The molecule has 0 aromatic carbocycles. The molecule has 0 spiro atoms. The van der Waals surface area contributed by atoms with Gasteiger partial charge in [-0.05, 0) is 25.0 Å². The van der Waals surface area contributed by atoms with Crippen LogP contribution in [0.2, 0.25) is 0 Å². The summed E-state index contributed by atoms with van der Waals surface area (Å²) in [5.74, 6) is 5.93. The third-order valence-electron chi connectivity index (χ3n) is 2.94. The van der Waals surface area contributed by atoms with Crippen LogP contribution in [0.3, 0.4) is 0 Å². The number of pyridine rings is 1. The van der Waals surface area contributed by atoms with Gasteiger partial charge in [-0.2, -0.15) is 0 Å². The average Bonchev–Trinajstić information content (AvgIpc) is 2.89. The molecule has 4 N–H and O–H groups in total. The van der Waals surface area contributed by atoms with Gasteiger partial charge in [0.05, 0.1) is 17.2 Å². The molecule has 0 aliphatic rings. The Kier molecular flexibility index (Phi) is 4.87. The molecular formula is C14H19N5OS. The zero-order valence-corrected chi connectivity index (χ0v) is 13.1. The van der Waals surface area contributed by atoms with E-state index in [0.29, 0.717) is 17.9 Å². The first kappa shape index (κ1) is 15.4. The third-order valence-corrected chi connectivity index (χ3v) is 3.77. The highest BCUT2D eigenvalue weighted by Crippen LogP contribution is 2.17. The van der Waals surface area contributed by atoms with E-state index in [2.05, 4.69) is 20.7 Å². The van der Waals surface area contributed by atoms with Crippen molar-refractivity contribution in [2.45, 2.75) is 33.2 Å². The lowest BCUT2D eigenvalue weighted by Crippen LogP contribution is -2.24. The molecule has 0 unspecified atom stereocenters. The van der Waals surface area contributed by atoms with Gasteiger partial charge in [0.15, 0.2) is 0 Å². The summed E-state index contributed by atoms with van der Waals surface area (Å²) in [7, 11) is 0. The lowest BCUT2D eigenvalue weighted by atomic mass is 10.1. The third kappa shape index (κ3) is 3.99. The van der Waals surface area contributed by atoms with E-state index in [4.69, 9.17) is 5.84 Å². The van der Waals surface area contributed by atoms with Crippen LogP contribution in [0.5, 0.6) is 0 Å². The number of nitrogens with zero attached hydrogens (tertiary/aromatic N) is 2. The predicted molar refractivity (Wildman–Crippen MR) is 84.2 cm³/mol. The number of hydrazine groups is 1. The summed E-state index contributed by atoms with van der Waals surface area (Å²) in [4.78, 5) is 20.9. The lowest BCUT2D eigenvalue weighted by Gasteiger charge is -2.10. The molecule has 2 heterocycles. The minimum atomic E-state index is -0.165. The molecule has 0 aliphatic heterocycles. The Balaban J connectivity index is 2.12. The van der Waals surface area contributed by atoms with E-state index in [0.717, 1.165) is 16.4 Å². The fourth-order valence-corrected chi connectivity index (χ4v) is 2.43. The Bertz CT molecular complexity index is 638. The minimum absolute atomic E-state index is 0.165. The number of carbonyl (C=O) groups is 1. The van der Waals surface area contributed by atoms with Crippen molar-refractivity contribution in [3.63, 3.8) is 0 Å². The number of anilines is 1. The quantitative estimate of drug-likeness (QED) is 0.581. The SMILES string of the molecule is Cc1nc(CNC(=O)c2cc(NN)nc(C(C)C)c2)cs1. The number of aryl methyl sites for hydroxylation is 1. The van der Waals surface area contributed by atoms with E-state index in [9.17, 15) is 4.79 Å². The molecule has 6 nitrogen and oxygen atoms in total.